The van der Waals surface area contributed by atoms with Crippen molar-refractivity contribution in [3.63, 3.8) is 0 Å². The number of hydrogen-bond acceptors (Lipinski definition) is 1. The maximum atomic E-state index is 13.4. The Hall–Kier alpha value is -2.16. The lowest BCUT2D eigenvalue weighted by Crippen LogP contribution is -2.10. The van der Waals surface area contributed by atoms with Crippen molar-refractivity contribution in [3.8, 4) is 11.1 Å². The van der Waals surface area contributed by atoms with Gasteiger partial charge in [-0.3, -0.25) is 4.79 Å². The molecule has 0 aliphatic heterocycles. The van der Waals surface area contributed by atoms with E-state index < -0.39 is 5.91 Å². The number of carbonyl (C=O) groups excluding carboxylic acids is 1. The van der Waals surface area contributed by atoms with Crippen LogP contribution in [0.5, 0.6) is 0 Å². The fraction of sp³-hybridized carbons (Fsp3) is 0.0714. The van der Waals surface area contributed by atoms with E-state index in [2.05, 4.69) is 0 Å². The molecule has 2 N–H and O–H groups in total. The van der Waals surface area contributed by atoms with Gasteiger partial charge in [-0.05, 0) is 41.8 Å². The Morgan fingerprint density at radius 1 is 1.12 bits per heavy atom. The summed E-state index contributed by atoms with van der Waals surface area (Å²) in [5.74, 6) is -0.744. The molecule has 0 unspecified atom stereocenters. The Balaban J connectivity index is 2.49. The predicted molar refractivity (Wildman–Crippen MR) is 65.1 cm³/mol. The third-order valence-electron chi connectivity index (χ3n) is 2.65. The van der Waals surface area contributed by atoms with Crippen molar-refractivity contribution < 1.29 is 9.18 Å². The molecule has 3 heteroatoms. The maximum Gasteiger partial charge on any atom is 0.248 e. The van der Waals surface area contributed by atoms with Crippen molar-refractivity contribution in [3.05, 3.63) is 59.4 Å². The lowest BCUT2D eigenvalue weighted by Gasteiger charge is -2.05. The number of carbonyl (C=O) groups is 1. The molecule has 0 aliphatic rings. The molecular formula is C14H12FNO. The lowest BCUT2D eigenvalue weighted by molar-refractivity contribution is 0.100. The van der Waals surface area contributed by atoms with Crippen molar-refractivity contribution in [2.24, 2.45) is 5.73 Å². The first-order valence-electron chi connectivity index (χ1n) is 5.24. The molecular weight excluding hydrogens is 217 g/mol. The summed E-state index contributed by atoms with van der Waals surface area (Å²) < 4.78 is 13.4. The van der Waals surface area contributed by atoms with Crippen LogP contribution in [-0.4, -0.2) is 5.91 Å². The Labute approximate surface area is 98.9 Å². The van der Waals surface area contributed by atoms with Crippen molar-refractivity contribution >= 4 is 5.91 Å². The Morgan fingerprint density at radius 2 is 1.82 bits per heavy atom. The Bertz CT molecular complexity index is 578. The quantitative estimate of drug-likeness (QED) is 0.845. The van der Waals surface area contributed by atoms with Gasteiger partial charge in [0.25, 0.3) is 0 Å². The fourth-order valence-electron chi connectivity index (χ4n) is 1.62. The summed E-state index contributed by atoms with van der Waals surface area (Å²) >= 11 is 0. The molecule has 0 atom stereocenters. The number of primary amides is 1. The van der Waals surface area contributed by atoms with E-state index in [9.17, 15) is 9.18 Å². The summed E-state index contributed by atoms with van der Waals surface area (Å²) in [5.41, 5.74) is 7.73. The van der Waals surface area contributed by atoms with Crippen LogP contribution in [0.15, 0.2) is 42.5 Å². The smallest absolute Gasteiger partial charge is 0.248 e. The van der Waals surface area contributed by atoms with Crippen LogP contribution in [0.1, 0.15) is 15.9 Å². The van der Waals surface area contributed by atoms with Gasteiger partial charge in [0.15, 0.2) is 0 Å². The summed E-state index contributed by atoms with van der Waals surface area (Å²) in [6.45, 7) is 1.71. The number of nitrogens with two attached hydrogens (primary N) is 1. The van der Waals surface area contributed by atoms with Gasteiger partial charge in [-0.1, -0.05) is 24.3 Å². The van der Waals surface area contributed by atoms with Gasteiger partial charge in [-0.15, -0.1) is 0 Å². The van der Waals surface area contributed by atoms with Crippen molar-refractivity contribution in [2.45, 2.75) is 6.92 Å². The summed E-state index contributed by atoms with van der Waals surface area (Å²) in [4.78, 5) is 11.1. The normalized spacial score (nSPS) is 10.2. The first-order chi connectivity index (χ1) is 8.08. The molecule has 0 aliphatic carbocycles. The van der Waals surface area contributed by atoms with Gasteiger partial charge in [0.1, 0.15) is 5.82 Å². The Morgan fingerprint density at radius 3 is 2.47 bits per heavy atom. The molecule has 2 nitrogen and oxygen atoms in total. The van der Waals surface area contributed by atoms with Crippen molar-refractivity contribution in [1.82, 2.24) is 0 Å². The van der Waals surface area contributed by atoms with E-state index in [4.69, 9.17) is 5.73 Å². The van der Waals surface area contributed by atoms with Crippen molar-refractivity contribution in [1.29, 1.82) is 0 Å². The standard InChI is InChI=1S/C14H12FNO/c1-9-5-6-11(8-13(9)15)10-3-2-4-12(7-10)14(16)17/h2-8H,1H3,(H2,16,17). The van der Waals surface area contributed by atoms with Gasteiger partial charge in [0, 0.05) is 5.56 Å². The fourth-order valence-corrected chi connectivity index (χ4v) is 1.62. The average molecular weight is 229 g/mol. The van der Waals surface area contributed by atoms with Crippen LogP contribution in [0.4, 0.5) is 4.39 Å². The van der Waals surface area contributed by atoms with Crippen LogP contribution >= 0.6 is 0 Å². The number of amides is 1. The molecule has 2 rings (SSSR count). The van der Waals surface area contributed by atoms with E-state index in [1.807, 2.05) is 12.1 Å². The highest BCUT2D eigenvalue weighted by molar-refractivity contribution is 5.94. The minimum atomic E-state index is -0.487. The molecule has 0 bridgehead atoms. The molecule has 86 valence electrons. The van der Waals surface area contributed by atoms with Crippen LogP contribution in [0.2, 0.25) is 0 Å². The van der Waals surface area contributed by atoms with Crippen LogP contribution in [0, 0.1) is 12.7 Å². The van der Waals surface area contributed by atoms with Crippen LogP contribution in [0.3, 0.4) is 0 Å². The third-order valence-corrected chi connectivity index (χ3v) is 2.65. The summed E-state index contributed by atoms with van der Waals surface area (Å²) in [6.07, 6.45) is 0. The second kappa shape index (κ2) is 4.37. The molecule has 2 aromatic carbocycles. The highest BCUT2D eigenvalue weighted by Gasteiger charge is 2.05. The minimum Gasteiger partial charge on any atom is -0.366 e. The Kier molecular flexibility index (Phi) is 2.91. The van der Waals surface area contributed by atoms with E-state index in [1.165, 1.54) is 6.07 Å². The van der Waals surface area contributed by atoms with Gasteiger partial charge in [-0.25, -0.2) is 4.39 Å². The number of aryl methyl sites for hydroxylation is 1. The second-order valence-electron chi connectivity index (χ2n) is 3.91. The van der Waals surface area contributed by atoms with Gasteiger partial charge >= 0.3 is 0 Å². The molecule has 0 saturated heterocycles. The number of rotatable bonds is 2. The predicted octanol–water partition coefficient (Wildman–Crippen LogP) is 2.90. The number of halogens is 1. The zero-order chi connectivity index (χ0) is 12.4. The summed E-state index contributed by atoms with van der Waals surface area (Å²) in [5, 5.41) is 0. The van der Waals surface area contributed by atoms with E-state index in [-0.39, 0.29) is 5.82 Å². The molecule has 0 heterocycles. The van der Waals surface area contributed by atoms with Crippen molar-refractivity contribution in [2.75, 3.05) is 0 Å². The molecule has 2 aromatic rings. The highest BCUT2D eigenvalue weighted by Crippen LogP contribution is 2.22. The number of hydrogen-bond donors (Lipinski definition) is 1. The zero-order valence-corrected chi connectivity index (χ0v) is 9.41. The van der Waals surface area contributed by atoms with Gasteiger partial charge in [-0.2, -0.15) is 0 Å². The molecule has 0 spiro atoms. The SMILES string of the molecule is Cc1ccc(-c2cccc(C(N)=O)c2)cc1F. The highest BCUT2D eigenvalue weighted by atomic mass is 19.1. The van der Waals surface area contributed by atoms with E-state index in [0.29, 0.717) is 11.1 Å². The topological polar surface area (TPSA) is 43.1 Å². The van der Waals surface area contributed by atoms with Crippen LogP contribution in [0.25, 0.3) is 11.1 Å². The van der Waals surface area contributed by atoms with E-state index >= 15 is 0 Å². The largest absolute Gasteiger partial charge is 0.366 e. The molecule has 1 amide bonds. The summed E-state index contributed by atoms with van der Waals surface area (Å²) in [6, 6.07) is 11.8. The van der Waals surface area contributed by atoms with Gasteiger partial charge in [0.2, 0.25) is 5.91 Å². The monoisotopic (exact) mass is 229 g/mol. The number of benzene rings is 2. The lowest BCUT2D eigenvalue weighted by atomic mass is 10.0. The summed E-state index contributed by atoms with van der Waals surface area (Å²) in [7, 11) is 0. The first kappa shape index (κ1) is 11.3. The van der Waals surface area contributed by atoms with Gasteiger partial charge in [0.05, 0.1) is 0 Å². The maximum absolute atomic E-state index is 13.4. The first-order valence-corrected chi connectivity index (χ1v) is 5.24. The molecule has 17 heavy (non-hydrogen) atoms. The molecule has 0 fully saturated rings. The second-order valence-corrected chi connectivity index (χ2v) is 3.91. The van der Waals surface area contributed by atoms with E-state index in [0.717, 1.165) is 11.1 Å². The minimum absolute atomic E-state index is 0.257. The third kappa shape index (κ3) is 2.33. The van der Waals surface area contributed by atoms with Crippen LogP contribution in [-0.2, 0) is 0 Å². The molecule has 0 aromatic heterocycles. The van der Waals surface area contributed by atoms with E-state index in [1.54, 1.807) is 31.2 Å². The van der Waals surface area contributed by atoms with Crippen LogP contribution < -0.4 is 5.73 Å². The molecule has 0 saturated carbocycles. The average Bonchev–Trinajstić information content (AvgIpc) is 2.33. The van der Waals surface area contributed by atoms with Gasteiger partial charge < -0.3 is 5.73 Å². The zero-order valence-electron chi connectivity index (χ0n) is 9.41. The molecule has 0 radical (unpaired) electrons.